The third-order valence-corrected chi connectivity index (χ3v) is 5.23. The van der Waals surface area contributed by atoms with E-state index in [1.807, 2.05) is 6.92 Å². The van der Waals surface area contributed by atoms with Gasteiger partial charge in [-0.05, 0) is 43.2 Å². The molecule has 0 radical (unpaired) electrons. The molecule has 1 saturated heterocycles. The minimum atomic E-state index is -1.38. The Labute approximate surface area is 166 Å². The Bertz CT molecular complexity index is 905. The van der Waals surface area contributed by atoms with Gasteiger partial charge in [0.15, 0.2) is 0 Å². The van der Waals surface area contributed by atoms with Gasteiger partial charge in [0, 0.05) is 47.8 Å². The first-order chi connectivity index (χ1) is 13.5. The highest BCUT2D eigenvalue weighted by atomic mass is 32.2. The molecule has 2 aromatic rings. The van der Waals surface area contributed by atoms with Crippen LogP contribution in [0.1, 0.15) is 37.6 Å². The standard InChI is InChI=1S/C18H21N5O4S/c1-2-5-16-19-18(21-20-16)28-15(17(24)25)11-12-10-13(23(26)27)6-7-14(12)22-8-3-4-9-22/h6-7,10-11H,2-5,8-9H2,1H3,(H,24,25)(H,19,20,21)/p-1/b15-11+. The van der Waals surface area contributed by atoms with Gasteiger partial charge in [-0.15, -0.1) is 5.10 Å². The van der Waals surface area contributed by atoms with Gasteiger partial charge in [-0.3, -0.25) is 15.2 Å². The predicted molar refractivity (Wildman–Crippen MR) is 104 cm³/mol. The molecule has 0 spiro atoms. The SMILES string of the molecule is CCCc1nc(S/C(=C/c2cc([N+](=O)[O-])ccc2N2CCCC2)C(=O)[O-])n[nH]1. The molecule has 0 amide bonds. The quantitative estimate of drug-likeness (QED) is 0.308. The summed E-state index contributed by atoms with van der Waals surface area (Å²) in [6, 6.07) is 4.49. The van der Waals surface area contributed by atoms with Crippen LogP contribution in [0.25, 0.3) is 6.08 Å². The number of anilines is 1. The van der Waals surface area contributed by atoms with Crippen LogP contribution in [-0.4, -0.2) is 39.2 Å². The van der Waals surface area contributed by atoms with Gasteiger partial charge in [0.25, 0.3) is 5.69 Å². The van der Waals surface area contributed by atoms with Crippen molar-refractivity contribution in [1.82, 2.24) is 15.2 Å². The number of nitrogens with one attached hydrogen (secondary N) is 1. The maximum Gasteiger partial charge on any atom is 0.270 e. The number of non-ortho nitro benzene ring substituents is 1. The number of hydrogen-bond acceptors (Lipinski definition) is 8. The molecule has 28 heavy (non-hydrogen) atoms. The number of nitro benzene ring substituents is 1. The molecule has 1 N–H and O–H groups in total. The number of aryl methyl sites for hydroxylation is 1. The second kappa shape index (κ2) is 8.87. The number of H-pyrrole nitrogens is 1. The maximum atomic E-state index is 11.7. The Balaban J connectivity index is 1.96. The summed E-state index contributed by atoms with van der Waals surface area (Å²) in [6.07, 6.45) is 5.05. The number of nitrogens with zero attached hydrogens (tertiary/aromatic N) is 4. The first-order valence-electron chi connectivity index (χ1n) is 9.03. The van der Waals surface area contributed by atoms with Gasteiger partial charge >= 0.3 is 0 Å². The molecule has 1 aromatic heterocycles. The number of benzene rings is 1. The molecule has 1 aliphatic heterocycles. The van der Waals surface area contributed by atoms with Crippen molar-refractivity contribution in [2.24, 2.45) is 0 Å². The lowest BCUT2D eigenvalue weighted by Gasteiger charge is -2.20. The predicted octanol–water partition coefficient (Wildman–Crippen LogP) is 2.15. The van der Waals surface area contributed by atoms with E-state index in [1.54, 1.807) is 6.07 Å². The Morgan fingerprint density at radius 2 is 2.14 bits per heavy atom. The van der Waals surface area contributed by atoms with Gasteiger partial charge in [-0.2, -0.15) is 0 Å². The number of carboxylic acids is 1. The van der Waals surface area contributed by atoms with Crippen LogP contribution in [0.3, 0.4) is 0 Å². The number of aromatic amines is 1. The van der Waals surface area contributed by atoms with E-state index in [1.165, 1.54) is 18.2 Å². The number of thioether (sulfide) groups is 1. The van der Waals surface area contributed by atoms with Crippen molar-refractivity contribution in [3.05, 3.63) is 44.6 Å². The molecule has 0 atom stereocenters. The van der Waals surface area contributed by atoms with Gasteiger partial charge < -0.3 is 14.8 Å². The smallest absolute Gasteiger partial charge is 0.270 e. The fourth-order valence-corrected chi connectivity index (χ4v) is 3.77. The molecule has 1 aromatic carbocycles. The Hall–Kier alpha value is -2.88. The summed E-state index contributed by atoms with van der Waals surface area (Å²) in [7, 11) is 0. The first kappa shape index (κ1) is 19.9. The number of carbonyl (C=O) groups excluding carboxylic acids is 1. The zero-order valence-corrected chi connectivity index (χ0v) is 16.2. The largest absolute Gasteiger partial charge is 0.544 e. The molecular weight excluding hydrogens is 382 g/mol. The van der Waals surface area contributed by atoms with Crippen LogP contribution in [0.15, 0.2) is 28.3 Å². The monoisotopic (exact) mass is 402 g/mol. The second-order valence-electron chi connectivity index (χ2n) is 6.41. The fourth-order valence-electron chi connectivity index (χ4n) is 3.06. The lowest BCUT2D eigenvalue weighted by atomic mass is 10.1. The number of hydrogen-bond donors (Lipinski definition) is 1. The highest BCUT2D eigenvalue weighted by Crippen LogP contribution is 2.33. The number of carbonyl (C=O) groups is 1. The topological polar surface area (TPSA) is 128 Å². The molecule has 0 aliphatic carbocycles. The lowest BCUT2D eigenvalue weighted by molar-refractivity contribution is -0.384. The van der Waals surface area contributed by atoms with Crippen molar-refractivity contribution in [3.8, 4) is 0 Å². The van der Waals surface area contributed by atoms with Crippen molar-refractivity contribution in [2.45, 2.75) is 37.8 Å². The molecule has 0 saturated carbocycles. The molecular formula is C18H20N5O4S-. The molecule has 9 nitrogen and oxygen atoms in total. The number of aromatic nitrogens is 3. The number of nitro groups is 1. The molecule has 0 bridgehead atoms. The van der Waals surface area contributed by atoms with E-state index in [0.717, 1.165) is 49.8 Å². The second-order valence-corrected chi connectivity index (χ2v) is 7.42. The van der Waals surface area contributed by atoms with Crippen molar-refractivity contribution in [1.29, 1.82) is 0 Å². The third kappa shape index (κ3) is 4.69. The van der Waals surface area contributed by atoms with E-state index in [0.29, 0.717) is 17.8 Å². The third-order valence-electron chi connectivity index (χ3n) is 4.36. The summed E-state index contributed by atoms with van der Waals surface area (Å²) in [4.78, 5) is 28.6. The summed E-state index contributed by atoms with van der Waals surface area (Å²) in [5, 5.41) is 29.9. The highest BCUT2D eigenvalue weighted by molar-refractivity contribution is 8.04. The summed E-state index contributed by atoms with van der Waals surface area (Å²) in [5.74, 6) is -0.707. The summed E-state index contributed by atoms with van der Waals surface area (Å²) in [6.45, 7) is 3.66. The molecule has 10 heteroatoms. The molecule has 0 unspecified atom stereocenters. The van der Waals surface area contributed by atoms with Crippen LogP contribution in [0.5, 0.6) is 0 Å². The van der Waals surface area contributed by atoms with Crippen LogP contribution in [0, 0.1) is 10.1 Å². The molecule has 2 heterocycles. The van der Waals surface area contributed by atoms with Gasteiger partial charge in [-0.1, -0.05) is 6.92 Å². The molecule has 1 aliphatic rings. The summed E-state index contributed by atoms with van der Waals surface area (Å²) < 4.78 is 0. The average Bonchev–Trinajstić information content (AvgIpc) is 3.33. The minimum absolute atomic E-state index is 0.0972. The zero-order valence-electron chi connectivity index (χ0n) is 15.4. The number of rotatable bonds is 8. The normalized spacial score (nSPS) is 14.5. The van der Waals surface area contributed by atoms with E-state index in [4.69, 9.17) is 0 Å². The number of aliphatic carboxylic acids is 1. The fraction of sp³-hybridized carbons (Fsp3) is 0.389. The molecule has 3 rings (SSSR count). The molecule has 1 fully saturated rings. The van der Waals surface area contributed by atoms with E-state index in [-0.39, 0.29) is 15.7 Å². The minimum Gasteiger partial charge on any atom is -0.544 e. The summed E-state index contributed by atoms with van der Waals surface area (Å²) in [5.41, 5.74) is 1.14. The number of carboxylic acid groups (broad SMARTS) is 1. The van der Waals surface area contributed by atoms with E-state index in [2.05, 4.69) is 20.1 Å². The van der Waals surface area contributed by atoms with E-state index < -0.39 is 10.9 Å². The highest BCUT2D eigenvalue weighted by Gasteiger charge is 2.19. The van der Waals surface area contributed by atoms with Crippen molar-refractivity contribution in [2.75, 3.05) is 18.0 Å². The Kier molecular flexibility index (Phi) is 6.30. The van der Waals surface area contributed by atoms with Gasteiger partial charge in [0.05, 0.1) is 10.9 Å². The van der Waals surface area contributed by atoms with Crippen molar-refractivity contribution in [3.63, 3.8) is 0 Å². The zero-order chi connectivity index (χ0) is 20.1. The van der Waals surface area contributed by atoms with Gasteiger partial charge in [-0.25, -0.2) is 4.98 Å². The lowest BCUT2D eigenvalue weighted by Crippen LogP contribution is -2.23. The van der Waals surface area contributed by atoms with Gasteiger partial charge in [0.1, 0.15) is 5.82 Å². The van der Waals surface area contributed by atoms with Crippen LogP contribution < -0.4 is 10.0 Å². The first-order valence-corrected chi connectivity index (χ1v) is 9.85. The van der Waals surface area contributed by atoms with Crippen LogP contribution >= 0.6 is 11.8 Å². The molecule has 148 valence electrons. The van der Waals surface area contributed by atoms with Crippen LogP contribution in [-0.2, 0) is 11.2 Å². The van der Waals surface area contributed by atoms with E-state index >= 15 is 0 Å². The van der Waals surface area contributed by atoms with Crippen LogP contribution in [0.4, 0.5) is 11.4 Å². The Morgan fingerprint density at radius 1 is 1.39 bits per heavy atom. The maximum absolute atomic E-state index is 11.7. The average molecular weight is 402 g/mol. The van der Waals surface area contributed by atoms with Gasteiger partial charge in [0.2, 0.25) is 5.16 Å². The van der Waals surface area contributed by atoms with Crippen LogP contribution in [0.2, 0.25) is 0 Å². The Morgan fingerprint density at radius 3 is 2.79 bits per heavy atom. The van der Waals surface area contributed by atoms with E-state index in [9.17, 15) is 20.0 Å². The van der Waals surface area contributed by atoms with Crippen molar-refractivity contribution >= 4 is 35.2 Å². The van der Waals surface area contributed by atoms with Crippen molar-refractivity contribution < 1.29 is 14.8 Å². The summed E-state index contributed by atoms with van der Waals surface area (Å²) >= 11 is 0.861.